The number of methoxy groups -OCH3 is 1. The molecule has 0 saturated heterocycles. The molecule has 0 aliphatic rings. The van der Waals surface area contributed by atoms with E-state index in [-0.39, 0.29) is 16.3 Å². The Hall–Kier alpha value is -3.21. The van der Waals surface area contributed by atoms with Crippen LogP contribution in [0.5, 0.6) is 11.5 Å². The zero-order chi connectivity index (χ0) is 20.4. The third-order valence-corrected chi connectivity index (χ3v) is 4.94. The average molecular weight is 414 g/mol. The van der Waals surface area contributed by atoms with Gasteiger partial charge in [-0.2, -0.15) is 0 Å². The highest BCUT2D eigenvalue weighted by atomic mass is 32.2. The minimum absolute atomic E-state index is 0.0517. The van der Waals surface area contributed by atoms with E-state index in [1.807, 2.05) is 0 Å². The lowest BCUT2D eigenvalue weighted by Crippen LogP contribution is -2.17. The third-order valence-electron chi connectivity index (χ3n) is 3.52. The minimum atomic E-state index is -4.83. The van der Waals surface area contributed by atoms with Gasteiger partial charge in [-0.1, -0.05) is 5.16 Å². The normalized spacial score (nSPS) is 11.9. The first-order valence-corrected chi connectivity index (χ1v) is 9.14. The van der Waals surface area contributed by atoms with E-state index in [1.165, 1.54) is 31.5 Å². The minimum Gasteiger partial charge on any atom is -0.495 e. The number of halogens is 3. The van der Waals surface area contributed by atoms with Crippen LogP contribution in [0.2, 0.25) is 0 Å². The lowest BCUT2D eigenvalue weighted by Gasteiger charge is -2.13. The quantitative estimate of drug-likeness (QED) is 0.655. The van der Waals surface area contributed by atoms with E-state index in [4.69, 9.17) is 9.26 Å². The number of sulfonamides is 1. The molecule has 0 bridgehead atoms. The number of alkyl halides is 3. The maximum absolute atomic E-state index is 12.7. The summed E-state index contributed by atoms with van der Waals surface area (Å²) in [4.78, 5) is -0.158. The summed E-state index contributed by atoms with van der Waals surface area (Å²) in [5.74, 6) is 0.0123. The molecule has 0 radical (unpaired) electrons. The van der Waals surface area contributed by atoms with Gasteiger partial charge in [0.05, 0.1) is 13.3 Å². The molecule has 3 rings (SSSR count). The Labute approximate surface area is 157 Å². The predicted octanol–water partition coefficient (Wildman–Crippen LogP) is 4.05. The summed E-state index contributed by atoms with van der Waals surface area (Å²) in [6, 6.07) is 10.2. The highest BCUT2D eigenvalue weighted by molar-refractivity contribution is 7.92. The molecule has 0 aliphatic heterocycles. The summed E-state index contributed by atoms with van der Waals surface area (Å²) < 4.78 is 78.1. The summed E-state index contributed by atoms with van der Waals surface area (Å²) in [5.41, 5.74) is 0.609. The summed E-state index contributed by atoms with van der Waals surface area (Å²) in [6.07, 6.45) is -3.39. The molecule has 0 fully saturated rings. The SMILES string of the molecule is COc1cc(-c2ccno2)ccc1S(=O)(=O)Nc1ccc(OC(F)(F)F)cc1. The molecule has 0 atom stereocenters. The van der Waals surface area contributed by atoms with Crippen LogP contribution in [0.15, 0.2) is 64.1 Å². The lowest BCUT2D eigenvalue weighted by atomic mass is 10.1. The zero-order valence-electron chi connectivity index (χ0n) is 14.2. The van der Waals surface area contributed by atoms with E-state index in [1.54, 1.807) is 6.07 Å². The summed E-state index contributed by atoms with van der Waals surface area (Å²) in [6.45, 7) is 0. The van der Waals surface area contributed by atoms with Gasteiger partial charge in [0.1, 0.15) is 16.4 Å². The summed E-state index contributed by atoms with van der Waals surface area (Å²) >= 11 is 0. The van der Waals surface area contributed by atoms with Crippen LogP contribution in [-0.4, -0.2) is 27.0 Å². The van der Waals surface area contributed by atoms with Crippen molar-refractivity contribution in [3.8, 4) is 22.8 Å². The first kappa shape index (κ1) is 19.5. The summed E-state index contributed by atoms with van der Waals surface area (Å²) in [7, 11) is -2.77. The van der Waals surface area contributed by atoms with E-state index >= 15 is 0 Å². The van der Waals surface area contributed by atoms with Crippen molar-refractivity contribution >= 4 is 15.7 Å². The van der Waals surface area contributed by atoms with E-state index < -0.39 is 22.1 Å². The third kappa shape index (κ3) is 4.55. The van der Waals surface area contributed by atoms with Crippen molar-refractivity contribution in [1.82, 2.24) is 5.16 Å². The van der Waals surface area contributed by atoms with Crippen molar-refractivity contribution in [2.24, 2.45) is 0 Å². The van der Waals surface area contributed by atoms with Crippen LogP contribution in [0, 0.1) is 0 Å². The Balaban J connectivity index is 1.84. The molecule has 0 aliphatic carbocycles. The van der Waals surface area contributed by atoms with Crippen LogP contribution < -0.4 is 14.2 Å². The average Bonchev–Trinajstić information content (AvgIpc) is 3.16. The second-order valence-electron chi connectivity index (χ2n) is 5.42. The van der Waals surface area contributed by atoms with E-state index in [0.717, 1.165) is 24.3 Å². The number of ether oxygens (including phenoxy) is 2. The van der Waals surface area contributed by atoms with Crippen molar-refractivity contribution in [1.29, 1.82) is 0 Å². The topological polar surface area (TPSA) is 90.7 Å². The largest absolute Gasteiger partial charge is 0.573 e. The van der Waals surface area contributed by atoms with Crippen LogP contribution >= 0.6 is 0 Å². The first-order valence-electron chi connectivity index (χ1n) is 7.66. The number of hydrogen-bond acceptors (Lipinski definition) is 6. The molecule has 28 heavy (non-hydrogen) atoms. The molecule has 11 heteroatoms. The lowest BCUT2D eigenvalue weighted by molar-refractivity contribution is -0.274. The maximum Gasteiger partial charge on any atom is 0.573 e. The Morgan fingerprint density at radius 3 is 2.36 bits per heavy atom. The molecular weight excluding hydrogens is 401 g/mol. The Morgan fingerprint density at radius 2 is 1.79 bits per heavy atom. The van der Waals surface area contributed by atoms with Gasteiger partial charge < -0.3 is 14.0 Å². The number of hydrogen-bond donors (Lipinski definition) is 1. The zero-order valence-corrected chi connectivity index (χ0v) is 15.0. The summed E-state index contributed by atoms with van der Waals surface area (Å²) in [5, 5.41) is 3.58. The van der Waals surface area contributed by atoms with Gasteiger partial charge in [0.25, 0.3) is 10.0 Å². The number of anilines is 1. The van der Waals surface area contributed by atoms with Crippen LogP contribution in [0.1, 0.15) is 0 Å². The molecule has 1 N–H and O–H groups in total. The van der Waals surface area contributed by atoms with Crippen LogP contribution in [0.25, 0.3) is 11.3 Å². The van der Waals surface area contributed by atoms with Crippen molar-refractivity contribution in [2.75, 3.05) is 11.8 Å². The molecule has 2 aromatic carbocycles. The molecule has 0 saturated carbocycles. The standard InChI is InChI=1S/C17H13F3N2O5S/c1-25-15-10-11(14-8-9-21-27-14)2-7-16(15)28(23,24)22-12-3-5-13(6-4-12)26-17(18,19)20/h2-10,22H,1H3. The highest BCUT2D eigenvalue weighted by Crippen LogP contribution is 2.31. The van der Waals surface area contributed by atoms with Crippen molar-refractivity contribution in [3.05, 3.63) is 54.7 Å². The van der Waals surface area contributed by atoms with E-state index in [9.17, 15) is 21.6 Å². The van der Waals surface area contributed by atoms with Gasteiger partial charge in [-0.25, -0.2) is 8.42 Å². The Kier molecular flexibility index (Phi) is 5.18. The van der Waals surface area contributed by atoms with E-state index in [0.29, 0.717) is 11.3 Å². The first-order chi connectivity index (χ1) is 13.2. The molecule has 148 valence electrons. The van der Waals surface area contributed by atoms with Gasteiger partial charge >= 0.3 is 6.36 Å². The van der Waals surface area contributed by atoms with Gasteiger partial charge in [-0.3, -0.25) is 4.72 Å². The fourth-order valence-electron chi connectivity index (χ4n) is 2.34. The molecule has 1 heterocycles. The van der Waals surface area contributed by atoms with E-state index in [2.05, 4.69) is 14.6 Å². The predicted molar refractivity (Wildman–Crippen MR) is 92.4 cm³/mol. The fraction of sp³-hybridized carbons (Fsp3) is 0.118. The van der Waals surface area contributed by atoms with Crippen LogP contribution in [-0.2, 0) is 10.0 Å². The van der Waals surface area contributed by atoms with Gasteiger partial charge in [0, 0.05) is 17.3 Å². The molecule has 3 aromatic rings. The number of benzene rings is 2. The fourth-order valence-corrected chi connectivity index (χ4v) is 3.55. The van der Waals surface area contributed by atoms with Gasteiger partial charge in [-0.15, -0.1) is 13.2 Å². The molecule has 1 aromatic heterocycles. The number of rotatable bonds is 6. The van der Waals surface area contributed by atoms with Gasteiger partial charge in [0.2, 0.25) is 0 Å². The van der Waals surface area contributed by atoms with Crippen LogP contribution in [0.4, 0.5) is 18.9 Å². The molecule has 0 unspecified atom stereocenters. The van der Waals surface area contributed by atoms with Crippen molar-refractivity contribution < 1.29 is 35.6 Å². The smallest absolute Gasteiger partial charge is 0.495 e. The molecule has 7 nitrogen and oxygen atoms in total. The number of aromatic nitrogens is 1. The molecule has 0 amide bonds. The van der Waals surface area contributed by atoms with Gasteiger partial charge in [0.15, 0.2) is 5.76 Å². The maximum atomic E-state index is 12.7. The molecular formula is C17H13F3N2O5S. The van der Waals surface area contributed by atoms with Crippen LogP contribution in [0.3, 0.4) is 0 Å². The Morgan fingerprint density at radius 1 is 1.07 bits per heavy atom. The second-order valence-corrected chi connectivity index (χ2v) is 7.07. The highest BCUT2D eigenvalue weighted by Gasteiger charge is 2.31. The Bertz CT molecular complexity index is 1050. The van der Waals surface area contributed by atoms with Gasteiger partial charge in [-0.05, 0) is 42.5 Å². The monoisotopic (exact) mass is 414 g/mol. The molecule has 0 spiro atoms. The second kappa shape index (κ2) is 7.43. The van der Waals surface area contributed by atoms with Crippen molar-refractivity contribution in [3.63, 3.8) is 0 Å². The number of nitrogens with one attached hydrogen (secondary N) is 1. The number of nitrogens with zero attached hydrogens (tertiary/aromatic N) is 1. The van der Waals surface area contributed by atoms with Crippen molar-refractivity contribution in [2.45, 2.75) is 11.3 Å².